The number of nitriles is 1. The summed E-state index contributed by atoms with van der Waals surface area (Å²) in [4.78, 5) is 29.4. The van der Waals surface area contributed by atoms with E-state index in [1.165, 1.54) is 6.92 Å². The van der Waals surface area contributed by atoms with Crippen molar-refractivity contribution in [3.05, 3.63) is 29.3 Å². The largest absolute Gasteiger partial charge is 0.457 e. The van der Waals surface area contributed by atoms with E-state index in [1.807, 2.05) is 24.3 Å². The van der Waals surface area contributed by atoms with E-state index in [9.17, 15) is 9.59 Å². The number of nitrogens with one attached hydrogen (secondary N) is 1. The van der Waals surface area contributed by atoms with Crippen molar-refractivity contribution in [3.8, 4) is 6.07 Å². The molecule has 140 valence electrons. The van der Waals surface area contributed by atoms with Gasteiger partial charge in [0.25, 0.3) is 0 Å². The third-order valence-electron chi connectivity index (χ3n) is 4.94. The fourth-order valence-electron chi connectivity index (χ4n) is 3.50. The minimum absolute atomic E-state index is 0.00464. The van der Waals surface area contributed by atoms with Gasteiger partial charge in [0.2, 0.25) is 0 Å². The highest BCUT2D eigenvalue weighted by Crippen LogP contribution is 2.41. The van der Waals surface area contributed by atoms with Gasteiger partial charge in [0, 0.05) is 11.6 Å². The molecule has 0 radical (unpaired) electrons. The zero-order valence-electron chi connectivity index (χ0n) is 15.1. The van der Waals surface area contributed by atoms with E-state index in [0.29, 0.717) is 6.42 Å². The second-order valence-electron chi connectivity index (χ2n) is 6.84. The molecule has 0 amide bonds. The standard InChI is InChI=1S/C20H21N3O3S/c1-12(22)15(10-21)17(24)11-26-20(25)14-7-3-2-6-13(14)19-23-16-8-4-5-9-18(16)27-19/h4-5,8-9,13-15,22H,2-3,6-7,11H2,1H3/t13-,14+,15?/m1/s1. The monoisotopic (exact) mass is 383 g/mol. The van der Waals surface area contributed by atoms with Crippen LogP contribution in [0.25, 0.3) is 10.2 Å². The lowest BCUT2D eigenvalue weighted by molar-refractivity contribution is -0.154. The lowest BCUT2D eigenvalue weighted by Crippen LogP contribution is -2.31. The van der Waals surface area contributed by atoms with Crippen LogP contribution in [0.3, 0.4) is 0 Å². The number of ketones is 1. The van der Waals surface area contributed by atoms with Crippen molar-refractivity contribution in [1.29, 1.82) is 10.7 Å². The molecular weight excluding hydrogens is 362 g/mol. The van der Waals surface area contributed by atoms with Crippen LogP contribution in [-0.4, -0.2) is 29.1 Å². The Morgan fingerprint density at radius 2 is 2.11 bits per heavy atom. The quantitative estimate of drug-likeness (QED) is 0.602. The maximum Gasteiger partial charge on any atom is 0.310 e. The Kier molecular flexibility index (Phi) is 5.97. The average molecular weight is 383 g/mol. The van der Waals surface area contributed by atoms with Crippen molar-refractivity contribution < 1.29 is 14.3 Å². The van der Waals surface area contributed by atoms with E-state index in [1.54, 1.807) is 17.4 Å². The van der Waals surface area contributed by atoms with Crippen LogP contribution < -0.4 is 0 Å². The first-order valence-electron chi connectivity index (χ1n) is 9.00. The molecule has 0 spiro atoms. The van der Waals surface area contributed by atoms with Crippen LogP contribution >= 0.6 is 11.3 Å². The van der Waals surface area contributed by atoms with Crippen LogP contribution in [-0.2, 0) is 14.3 Å². The zero-order chi connectivity index (χ0) is 19.4. The molecule has 1 unspecified atom stereocenters. The maximum absolute atomic E-state index is 12.6. The first kappa shape index (κ1) is 19.2. The van der Waals surface area contributed by atoms with Gasteiger partial charge in [-0.3, -0.25) is 9.59 Å². The molecule has 1 aliphatic carbocycles. The Bertz CT molecular complexity index is 882. The van der Waals surface area contributed by atoms with Crippen molar-refractivity contribution in [2.24, 2.45) is 11.8 Å². The number of hydrogen-bond acceptors (Lipinski definition) is 7. The number of para-hydroxylation sites is 1. The third kappa shape index (κ3) is 4.22. The zero-order valence-corrected chi connectivity index (χ0v) is 15.9. The fourth-order valence-corrected chi connectivity index (χ4v) is 4.67. The maximum atomic E-state index is 12.6. The van der Waals surface area contributed by atoms with E-state index in [2.05, 4.69) is 0 Å². The van der Waals surface area contributed by atoms with Crippen molar-refractivity contribution in [1.82, 2.24) is 4.98 Å². The molecule has 1 aliphatic rings. The number of aromatic nitrogens is 1. The predicted octanol–water partition coefficient (Wildman–Crippen LogP) is 3.86. The molecule has 1 N–H and O–H groups in total. The Hall–Kier alpha value is -2.59. The van der Waals surface area contributed by atoms with E-state index >= 15 is 0 Å². The van der Waals surface area contributed by atoms with E-state index < -0.39 is 24.3 Å². The summed E-state index contributed by atoms with van der Waals surface area (Å²) in [6.45, 7) is 0.939. The topological polar surface area (TPSA) is 104 Å². The number of benzene rings is 1. The van der Waals surface area contributed by atoms with Crippen molar-refractivity contribution in [3.63, 3.8) is 0 Å². The van der Waals surface area contributed by atoms with Crippen LogP contribution in [0.4, 0.5) is 0 Å². The number of carbonyl (C=O) groups excluding carboxylic acids is 2. The van der Waals surface area contributed by atoms with Crippen LogP contribution in [0.5, 0.6) is 0 Å². The van der Waals surface area contributed by atoms with Gasteiger partial charge in [-0.15, -0.1) is 11.3 Å². The highest BCUT2D eigenvalue weighted by molar-refractivity contribution is 7.18. The van der Waals surface area contributed by atoms with Crippen LogP contribution in [0, 0.1) is 28.6 Å². The number of thiazole rings is 1. The van der Waals surface area contributed by atoms with Crippen LogP contribution in [0.2, 0.25) is 0 Å². The number of rotatable bonds is 6. The predicted molar refractivity (Wildman–Crippen MR) is 103 cm³/mol. The minimum atomic E-state index is -1.15. The number of hydrogen-bond donors (Lipinski definition) is 1. The number of carbonyl (C=O) groups is 2. The highest BCUT2D eigenvalue weighted by atomic mass is 32.1. The van der Waals surface area contributed by atoms with Crippen molar-refractivity contribution in [2.75, 3.05) is 6.61 Å². The molecule has 6 nitrogen and oxygen atoms in total. The SMILES string of the molecule is CC(=N)C(C#N)C(=O)COC(=O)[C@H]1CCCC[C@H]1c1nc2ccccc2s1. The Balaban J connectivity index is 1.71. The molecule has 1 aromatic carbocycles. The van der Waals surface area contributed by atoms with Crippen molar-refractivity contribution in [2.45, 2.75) is 38.5 Å². The molecule has 2 aromatic rings. The van der Waals surface area contributed by atoms with E-state index in [0.717, 1.165) is 34.5 Å². The van der Waals surface area contributed by atoms with Gasteiger partial charge in [-0.25, -0.2) is 4.98 Å². The summed E-state index contributed by atoms with van der Waals surface area (Å²) in [6, 6.07) is 9.68. The summed E-state index contributed by atoms with van der Waals surface area (Å²) in [5.41, 5.74) is 0.896. The molecule has 0 aliphatic heterocycles. The van der Waals surface area contributed by atoms with Crippen LogP contribution in [0.1, 0.15) is 43.5 Å². The molecule has 1 heterocycles. The number of Topliss-reactive ketones (excluding diaryl/α,β-unsaturated/α-hetero) is 1. The Labute approximate surface area is 161 Å². The average Bonchev–Trinajstić information content (AvgIpc) is 3.10. The summed E-state index contributed by atoms with van der Waals surface area (Å²) < 4.78 is 6.34. The molecule has 0 bridgehead atoms. The molecule has 1 aromatic heterocycles. The van der Waals surface area contributed by atoms with Gasteiger partial charge < -0.3 is 10.1 Å². The number of fused-ring (bicyclic) bond motifs is 1. The molecule has 0 saturated heterocycles. The van der Waals surface area contributed by atoms with Gasteiger partial charge in [0.1, 0.15) is 5.92 Å². The number of ether oxygens (including phenoxy) is 1. The van der Waals surface area contributed by atoms with Gasteiger partial charge in [0.05, 0.1) is 27.2 Å². The fraction of sp³-hybridized carbons (Fsp3) is 0.450. The van der Waals surface area contributed by atoms with Gasteiger partial charge in [-0.1, -0.05) is 25.0 Å². The smallest absolute Gasteiger partial charge is 0.310 e. The second-order valence-corrected chi connectivity index (χ2v) is 7.90. The summed E-state index contributed by atoms with van der Waals surface area (Å²) in [5, 5.41) is 17.4. The summed E-state index contributed by atoms with van der Waals surface area (Å²) in [5.74, 6) is -2.44. The van der Waals surface area contributed by atoms with Gasteiger partial charge >= 0.3 is 5.97 Å². The van der Waals surface area contributed by atoms with E-state index in [4.69, 9.17) is 20.4 Å². The Morgan fingerprint density at radius 3 is 2.81 bits per heavy atom. The first-order valence-corrected chi connectivity index (χ1v) is 9.82. The summed E-state index contributed by atoms with van der Waals surface area (Å²) in [7, 11) is 0. The summed E-state index contributed by atoms with van der Waals surface area (Å²) in [6.07, 6.45) is 3.55. The third-order valence-corrected chi connectivity index (χ3v) is 6.11. The molecule has 1 fully saturated rings. The molecule has 3 rings (SSSR count). The lowest BCUT2D eigenvalue weighted by Gasteiger charge is -2.28. The van der Waals surface area contributed by atoms with Crippen LogP contribution in [0.15, 0.2) is 24.3 Å². The van der Waals surface area contributed by atoms with Gasteiger partial charge in [0.15, 0.2) is 12.4 Å². The molecule has 3 atom stereocenters. The Morgan fingerprint density at radius 1 is 1.37 bits per heavy atom. The number of esters is 1. The lowest BCUT2D eigenvalue weighted by atomic mass is 9.79. The molecule has 27 heavy (non-hydrogen) atoms. The molecular formula is C20H21N3O3S. The van der Waals surface area contributed by atoms with Gasteiger partial charge in [-0.05, 0) is 31.9 Å². The summed E-state index contributed by atoms with van der Waals surface area (Å²) >= 11 is 1.60. The second kappa shape index (κ2) is 8.40. The van der Waals surface area contributed by atoms with Crippen molar-refractivity contribution >= 4 is 39.0 Å². The molecule has 7 heteroatoms. The normalized spacial score (nSPS) is 20.6. The minimum Gasteiger partial charge on any atom is -0.457 e. The highest BCUT2D eigenvalue weighted by Gasteiger charge is 2.35. The van der Waals surface area contributed by atoms with Gasteiger partial charge in [-0.2, -0.15) is 5.26 Å². The number of nitrogens with zero attached hydrogens (tertiary/aromatic N) is 2. The van der Waals surface area contributed by atoms with E-state index in [-0.39, 0.29) is 17.5 Å². The first-order chi connectivity index (χ1) is 13.0. The molecule has 1 saturated carbocycles.